The van der Waals surface area contributed by atoms with Crippen molar-refractivity contribution in [3.63, 3.8) is 0 Å². The van der Waals surface area contributed by atoms with Crippen LogP contribution in [0.15, 0.2) is 18.2 Å². The van der Waals surface area contributed by atoms with Gasteiger partial charge in [0, 0.05) is 12.1 Å². The van der Waals surface area contributed by atoms with E-state index in [1.165, 1.54) is 0 Å². The highest BCUT2D eigenvalue weighted by Gasteiger charge is 2.35. The maximum atomic E-state index is 13.6. The number of rotatable bonds is 10. The standard InChI is InChI=1S/C26H43N3O4/c1-10-13-18(4)28-24(31)23(21-15-12-14-17(3)20(21)6)29(19(5)11-2)22(30)16-27-25(32)33-26(7,8)9/h12,14-15,18-19,23H,10-11,13,16H2,1-9H3,(H,27,32)(H,28,31). The van der Waals surface area contributed by atoms with Crippen LogP contribution in [0.5, 0.6) is 0 Å². The van der Waals surface area contributed by atoms with Gasteiger partial charge in [0.1, 0.15) is 18.2 Å². The summed E-state index contributed by atoms with van der Waals surface area (Å²) in [6.07, 6.45) is 1.80. The minimum atomic E-state index is -0.799. The third-order valence-corrected chi connectivity index (χ3v) is 5.71. The van der Waals surface area contributed by atoms with Crippen molar-refractivity contribution in [1.29, 1.82) is 0 Å². The number of alkyl carbamates (subject to hydrolysis) is 1. The fourth-order valence-electron chi connectivity index (χ4n) is 3.71. The largest absolute Gasteiger partial charge is 0.444 e. The first-order valence-electron chi connectivity index (χ1n) is 12.0. The molecule has 33 heavy (non-hydrogen) atoms. The number of aryl methyl sites for hydroxylation is 1. The molecule has 0 aromatic heterocycles. The SMILES string of the molecule is CCCC(C)NC(=O)C(c1cccc(C)c1C)N(C(=O)CNC(=O)OC(C)(C)C)C(C)CC. The Kier molecular flexibility index (Phi) is 10.9. The second kappa shape index (κ2) is 12.6. The van der Waals surface area contributed by atoms with Crippen molar-refractivity contribution >= 4 is 17.9 Å². The van der Waals surface area contributed by atoms with Crippen LogP contribution in [0.3, 0.4) is 0 Å². The van der Waals surface area contributed by atoms with Crippen molar-refractivity contribution in [2.24, 2.45) is 0 Å². The van der Waals surface area contributed by atoms with E-state index in [1.54, 1.807) is 25.7 Å². The number of benzene rings is 1. The molecule has 7 heteroatoms. The Morgan fingerprint density at radius 1 is 1.09 bits per heavy atom. The lowest BCUT2D eigenvalue weighted by Gasteiger charge is -2.37. The van der Waals surface area contributed by atoms with Crippen LogP contribution in [0.2, 0.25) is 0 Å². The van der Waals surface area contributed by atoms with E-state index in [1.807, 2.05) is 52.8 Å². The fourth-order valence-corrected chi connectivity index (χ4v) is 3.71. The summed E-state index contributed by atoms with van der Waals surface area (Å²) in [6, 6.07) is 4.78. The van der Waals surface area contributed by atoms with Crippen LogP contribution < -0.4 is 10.6 Å². The molecule has 1 rings (SSSR count). The molecule has 1 aromatic carbocycles. The Hall–Kier alpha value is -2.57. The van der Waals surface area contributed by atoms with Crippen molar-refractivity contribution < 1.29 is 19.1 Å². The number of hydrogen-bond donors (Lipinski definition) is 2. The van der Waals surface area contributed by atoms with E-state index in [4.69, 9.17) is 4.74 Å². The van der Waals surface area contributed by atoms with Gasteiger partial charge < -0.3 is 20.3 Å². The molecular formula is C26H43N3O4. The third kappa shape index (κ3) is 8.71. The van der Waals surface area contributed by atoms with Gasteiger partial charge in [0.05, 0.1) is 0 Å². The van der Waals surface area contributed by atoms with Gasteiger partial charge in [0.15, 0.2) is 0 Å². The zero-order valence-corrected chi connectivity index (χ0v) is 21.9. The van der Waals surface area contributed by atoms with Gasteiger partial charge in [-0.25, -0.2) is 4.79 Å². The van der Waals surface area contributed by atoms with Gasteiger partial charge in [-0.15, -0.1) is 0 Å². The molecule has 3 unspecified atom stereocenters. The summed E-state index contributed by atoms with van der Waals surface area (Å²) in [6.45, 7) is 16.9. The van der Waals surface area contributed by atoms with E-state index in [0.29, 0.717) is 6.42 Å². The molecule has 0 fully saturated rings. The minimum Gasteiger partial charge on any atom is -0.444 e. The summed E-state index contributed by atoms with van der Waals surface area (Å²) in [5.74, 6) is -0.546. The summed E-state index contributed by atoms with van der Waals surface area (Å²) in [5.41, 5.74) is 2.15. The molecule has 0 bridgehead atoms. The maximum absolute atomic E-state index is 13.6. The summed E-state index contributed by atoms with van der Waals surface area (Å²) in [7, 11) is 0. The van der Waals surface area contributed by atoms with Crippen molar-refractivity contribution in [2.75, 3.05) is 6.54 Å². The van der Waals surface area contributed by atoms with Crippen LogP contribution in [0.25, 0.3) is 0 Å². The number of nitrogens with one attached hydrogen (secondary N) is 2. The molecule has 3 amide bonds. The number of amides is 3. The lowest BCUT2D eigenvalue weighted by atomic mass is 9.94. The topological polar surface area (TPSA) is 87.7 Å². The Bertz CT molecular complexity index is 816. The molecule has 0 spiro atoms. The highest BCUT2D eigenvalue weighted by molar-refractivity contribution is 5.91. The second-order valence-corrected chi connectivity index (χ2v) is 9.80. The first kappa shape index (κ1) is 28.5. The molecule has 0 saturated carbocycles. The smallest absolute Gasteiger partial charge is 0.408 e. The molecule has 7 nitrogen and oxygen atoms in total. The molecule has 1 aromatic rings. The highest BCUT2D eigenvalue weighted by atomic mass is 16.6. The molecule has 0 aliphatic carbocycles. The van der Waals surface area contributed by atoms with E-state index in [0.717, 1.165) is 29.5 Å². The number of carbonyl (C=O) groups is 3. The minimum absolute atomic E-state index is 0.0103. The Morgan fingerprint density at radius 3 is 2.27 bits per heavy atom. The summed E-state index contributed by atoms with van der Waals surface area (Å²) in [5, 5.41) is 5.64. The number of hydrogen-bond acceptors (Lipinski definition) is 4. The average Bonchev–Trinajstić information content (AvgIpc) is 2.70. The highest BCUT2D eigenvalue weighted by Crippen LogP contribution is 2.29. The van der Waals surface area contributed by atoms with Gasteiger partial charge in [-0.1, -0.05) is 38.5 Å². The van der Waals surface area contributed by atoms with Gasteiger partial charge in [-0.3, -0.25) is 9.59 Å². The predicted octanol–water partition coefficient (Wildman–Crippen LogP) is 4.80. The van der Waals surface area contributed by atoms with Crippen LogP contribution in [0.1, 0.15) is 90.5 Å². The number of ether oxygens (including phenoxy) is 1. The summed E-state index contributed by atoms with van der Waals surface area (Å²) in [4.78, 5) is 40.7. The molecule has 0 aliphatic heterocycles. The lowest BCUT2D eigenvalue weighted by molar-refractivity contribution is -0.143. The second-order valence-electron chi connectivity index (χ2n) is 9.80. The monoisotopic (exact) mass is 461 g/mol. The summed E-state index contributed by atoms with van der Waals surface area (Å²) < 4.78 is 5.26. The molecule has 186 valence electrons. The summed E-state index contributed by atoms with van der Waals surface area (Å²) >= 11 is 0. The van der Waals surface area contributed by atoms with Gasteiger partial charge >= 0.3 is 6.09 Å². The zero-order valence-electron chi connectivity index (χ0n) is 21.9. The van der Waals surface area contributed by atoms with E-state index in [9.17, 15) is 14.4 Å². The van der Waals surface area contributed by atoms with Gasteiger partial charge in [0.2, 0.25) is 11.8 Å². The molecular weight excluding hydrogens is 418 g/mol. The van der Waals surface area contributed by atoms with E-state index in [2.05, 4.69) is 17.6 Å². The molecule has 0 aliphatic rings. The average molecular weight is 462 g/mol. The Morgan fingerprint density at radius 2 is 1.73 bits per heavy atom. The van der Waals surface area contributed by atoms with Gasteiger partial charge in [-0.05, 0) is 78.0 Å². The van der Waals surface area contributed by atoms with Crippen LogP contribution in [0.4, 0.5) is 4.79 Å². The van der Waals surface area contributed by atoms with Crippen molar-refractivity contribution in [3.8, 4) is 0 Å². The van der Waals surface area contributed by atoms with Crippen molar-refractivity contribution in [3.05, 3.63) is 34.9 Å². The third-order valence-electron chi connectivity index (χ3n) is 5.71. The van der Waals surface area contributed by atoms with Gasteiger partial charge in [-0.2, -0.15) is 0 Å². The predicted molar refractivity (Wildman–Crippen MR) is 132 cm³/mol. The molecule has 2 N–H and O–H groups in total. The quantitative estimate of drug-likeness (QED) is 0.524. The normalized spacial score (nSPS) is 14.1. The van der Waals surface area contributed by atoms with Crippen molar-refractivity contribution in [2.45, 2.75) is 105 Å². The molecule has 0 saturated heterocycles. The Labute approximate surface area is 199 Å². The fraction of sp³-hybridized carbons (Fsp3) is 0.654. The van der Waals surface area contributed by atoms with E-state index < -0.39 is 17.7 Å². The van der Waals surface area contributed by atoms with E-state index >= 15 is 0 Å². The molecule has 3 atom stereocenters. The number of nitrogens with zero attached hydrogens (tertiary/aromatic N) is 1. The maximum Gasteiger partial charge on any atom is 0.408 e. The van der Waals surface area contributed by atoms with Crippen LogP contribution in [-0.2, 0) is 14.3 Å². The van der Waals surface area contributed by atoms with Crippen LogP contribution in [0, 0.1) is 13.8 Å². The van der Waals surface area contributed by atoms with Crippen molar-refractivity contribution in [1.82, 2.24) is 15.5 Å². The van der Waals surface area contributed by atoms with Gasteiger partial charge in [0.25, 0.3) is 0 Å². The van der Waals surface area contributed by atoms with Crippen LogP contribution >= 0.6 is 0 Å². The first-order valence-corrected chi connectivity index (χ1v) is 12.0. The van der Waals surface area contributed by atoms with E-state index in [-0.39, 0.29) is 30.4 Å². The first-order chi connectivity index (χ1) is 15.3. The zero-order chi connectivity index (χ0) is 25.3. The molecule has 0 radical (unpaired) electrons. The Balaban J connectivity index is 3.34. The molecule has 0 heterocycles. The lowest BCUT2D eigenvalue weighted by Crippen LogP contribution is -2.52. The van der Waals surface area contributed by atoms with Crippen LogP contribution in [-0.4, -0.2) is 47.0 Å². The number of carbonyl (C=O) groups excluding carboxylic acids is 3.